The zero-order valence-corrected chi connectivity index (χ0v) is 26.6. The maximum atomic E-state index is 14.0. The lowest BCUT2D eigenvalue weighted by Gasteiger charge is -2.40. The fourth-order valence-corrected chi connectivity index (χ4v) is 5.02. The minimum absolute atomic E-state index is 0.00274. The lowest BCUT2D eigenvalue weighted by atomic mass is 9.67. The first-order valence-corrected chi connectivity index (χ1v) is 15.3. The van der Waals surface area contributed by atoms with Crippen LogP contribution in [0.4, 0.5) is 23.2 Å². The molecule has 4 rings (SSSR count). The summed E-state index contributed by atoms with van der Waals surface area (Å²) in [5, 5.41) is 16.8. The Bertz CT molecular complexity index is 1710. The number of halogens is 4. The summed E-state index contributed by atoms with van der Waals surface area (Å²) < 4.78 is 70.6. The summed E-state index contributed by atoms with van der Waals surface area (Å²) >= 11 is 0. The summed E-state index contributed by atoms with van der Waals surface area (Å²) in [4.78, 5) is 64.8. The van der Waals surface area contributed by atoms with Crippen LogP contribution in [-0.4, -0.2) is 67.0 Å². The summed E-state index contributed by atoms with van der Waals surface area (Å²) in [7, 11) is 1.39. The average molecular weight is 704 g/mol. The van der Waals surface area contributed by atoms with E-state index >= 15 is 0 Å². The quantitative estimate of drug-likeness (QED) is 0.0912. The van der Waals surface area contributed by atoms with E-state index in [0.29, 0.717) is 23.6 Å². The molecule has 4 N–H and O–H groups in total. The Balaban J connectivity index is 1.45. The number of carbonyl (C=O) groups excluding carboxylic acids is 4. The van der Waals surface area contributed by atoms with Gasteiger partial charge in [0.2, 0.25) is 29.4 Å². The number of Topliss-reactive ketones (excluding diaryl/α,β-unsaturated/α-hetero) is 1. The van der Waals surface area contributed by atoms with Crippen molar-refractivity contribution in [3.05, 3.63) is 83.9 Å². The van der Waals surface area contributed by atoms with Gasteiger partial charge in [-0.1, -0.05) is 30.7 Å². The lowest BCUT2D eigenvalue weighted by Crippen LogP contribution is -2.60. The largest absolute Gasteiger partial charge is 0.481 e. The Labute approximate surface area is 283 Å². The van der Waals surface area contributed by atoms with Crippen LogP contribution in [0.3, 0.4) is 0 Å². The summed E-state index contributed by atoms with van der Waals surface area (Å²) in [6, 6.07) is 12.3. The lowest BCUT2D eigenvalue weighted by molar-refractivity contribution is -0.152. The minimum Gasteiger partial charge on any atom is -0.481 e. The molecule has 0 aromatic heterocycles. The van der Waals surface area contributed by atoms with Crippen LogP contribution in [0.1, 0.15) is 32.1 Å². The van der Waals surface area contributed by atoms with Gasteiger partial charge in [0.1, 0.15) is 35.6 Å². The normalized spacial score (nSPS) is 14.3. The highest BCUT2D eigenvalue weighted by atomic mass is 19.2. The van der Waals surface area contributed by atoms with Crippen molar-refractivity contribution in [2.24, 2.45) is 5.41 Å². The van der Waals surface area contributed by atoms with E-state index in [1.807, 2.05) is 6.07 Å². The Morgan fingerprint density at radius 2 is 1.46 bits per heavy atom. The number of rotatable bonds is 17. The Morgan fingerprint density at radius 3 is 2.04 bits per heavy atom. The molecule has 1 saturated carbocycles. The number of benzene rings is 3. The van der Waals surface area contributed by atoms with Crippen LogP contribution in [0.15, 0.2) is 60.7 Å². The summed E-state index contributed by atoms with van der Waals surface area (Å²) in [5.74, 6) is -13.4. The number of nitrogens with one attached hydrogen (secondary N) is 3. The predicted octanol–water partition coefficient (Wildman–Crippen LogP) is 4.27. The number of carboxylic acids is 1. The van der Waals surface area contributed by atoms with Gasteiger partial charge in [-0.25, -0.2) is 8.78 Å². The first kappa shape index (κ1) is 37.3. The highest BCUT2D eigenvalue weighted by molar-refractivity contribution is 6.09. The van der Waals surface area contributed by atoms with Crippen molar-refractivity contribution in [1.82, 2.24) is 10.6 Å². The van der Waals surface area contributed by atoms with Gasteiger partial charge in [-0.3, -0.25) is 24.0 Å². The van der Waals surface area contributed by atoms with Crippen LogP contribution < -0.4 is 25.4 Å². The minimum atomic E-state index is -1.93. The number of aliphatic carboxylic acids is 1. The number of para-hydroxylation sites is 1. The van der Waals surface area contributed by atoms with E-state index in [0.717, 1.165) is 0 Å². The second kappa shape index (κ2) is 16.7. The summed E-state index contributed by atoms with van der Waals surface area (Å²) in [5.41, 5.74) is -1.47. The molecule has 2 atom stereocenters. The molecule has 266 valence electrons. The highest BCUT2D eigenvalue weighted by Gasteiger charge is 2.52. The van der Waals surface area contributed by atoms with E-state index in [4.69, 9.17) is 9.47 Å². The third-order valence-corrected chi connectivity index (χ3v) is 7.89. The molecule has 12 nitrogen and oxygen atoms in total. The molecule has 0 heterocycles. The highest BCUT2D eigenvalue weighted by Crippen LogP contribution is 2.42. The Kier molecular flexibility index (Phi) is 12.5. The van der Waals surface area contributed by atoms with Gasteiger partial charge >= 0.3 is 5.97 Å². The fraction of sp³-hybridized carbons (Fsp3) is 0.324. The molecule has 0 saturated heterocycles. The van der Waals surface area contributed by atoms with Gasteiger partial charge in [-0.15, -0.1) is 0 Å². The standard InChI is InChI=1S/C34H33F4N3O9/c1-48-14-11-24(31(45)39-19-7-5-10-21(15-19)50-20-8-3-2-4-9-20)40-32(46)34(12-6-13-34)33(47)41-25(17-27(43)44)26(42)18-49-30-28(37)22(35)16-23(36)29(30)38/h2-5,7-10,15-16,24-25H,6,11-14,17-18H2,1H3,(H,39,45)(H,40,46)(H,41,47)(H,43,44). The van der Waals surface area contributed by atoms with Gasteiger partial charge in [0.05, 0.1) is 6.42 Å². The molecular formula is C34H33F4N3O9. The first-order valence-electron chi connectivity index (χ1n) is 15.3. The van der Waals surface area contributed by atoms with Crippen LogP contribution in [0, 0.1) is 28.7 Å². The number of carboxylic acid groups (broad SMARTS) is 1. The van der Waals surface area contributed by atoms with E-state index in [1.165, 1.54) is 7.11 Å². The first-order chi connectivity index (χ1) is 23.8. The monoisotopic (exact) mass is 703 g/mol. The van der Waals surface area contributed by atoms with E-state index < -0.39 is 89.0 Å². The molecule has 1 fully saturated rings. The molecule has 50 heavy (non-hydrogen) atoms. The molecule has 3 aromatic carbocycles. The van der Waals surface area contributed by atoms with Gasteiger partial charge in [0, 0.05) is 31.5 Å². The maximum Gasteiger partial charge on any atom is 0.305 e. The second-order valence-corrected chi connectivity index (χ2v) is 11.4. The van der Waals surface area contributed by atoms with Crippen molar-refractivity contribution in [2.45, 2.75) is 44.2 Å². The third kappa shape index (κ3) is 9.13. The molecule has 16 heteroatoms. The molecule has 0 bridgehead atoms. The second-order valence-electron chi connectivity index (χ2n) is 11.4. The van der Waals surface area contributed by atoms with Gasteiger partial charge in [-0.05, 0) is 43.5 Å². The number of hydrogen-bond donors (Lipinski definition) is 4. The average Bonchev–Trinajstić information content (AvgIpc) is 3.05. The molecular weight excluding hydrogens is 670 g/mol. The van der Waals surface area contributed by atoms with Crippen LogP contribution in [0.2, 0.25) is 0 Å². The molecule has 0 radical (unpaired) electrons. The van der Waals surface area contributed by atoms with Crippen molar-refractivity contribution in [1.29, 1.82) is 0 Å². The van der Waals surface area contributed by atoms with Gasteiger partial charge in [0.25, 0.3) is 0 Å². The number of methoxy groups -OCH3 is 1. The van der Waals surface area contributed by atoms with Crippen molar-refractivity contribution >= 4 is 35.2 Å². The topological polar surface area (TPSA) is 169 Å². The zero-order valence-electron chi connectivity index (χ0n) is 26.6. The van der Waals surface area contributed by atoms with Crippen molar-refractivity contribution in [3.8, 4) is 17.2 Å². The van der Waals surface area contributed by atoms with Gasteiger partial charge in [0.15, 0.2) is 23.2 Å². The number of amides is 3. The van der Waals surface area contributed by atoms with Crippen molar-refractivity contribution in [3.63, 3.8) is 0 Å². The molecule has 2 unspecified atom stereocenters. The molecule has 0 spiro atoms. The van der Waals surface area contributed by atoms with Gasteiger partial charge < -0.3 is 35.3 Å². The van der Waals surface area contributed by atoms with E-state index in [2.05, 4.69) is 20.7 Å². The summed E-state index contributed by atoms with van der Waals surface area (Å²) in [6.07, 6.45) is -0.678. The van der Waals surface area contributed by atoms with Crippen LogP contribution in [0.25, 0.3) is 0 Å². The Hall–Kier alpha value is -5.51. The number of ether oxygens (including phenoxy) is 3. The van der Waals surface area contributed by atoms with Crippen LogP contribution >= 0.6 is 0 Å². The SMILES string of the molecule is COCCC(NC(=O)C1(C(=O)NC(CC(=O)O)C(=O)COc2c(F)c(F)cc(F)c2F)CCC1)C(=O)Nc1cccc(Oc2ccccc2)c1. The molecule has 1 aliphatic rings. The van der Waals surface area contributed by atoms with Crippen LogP contribution in [0.5, 0.6) is 17.2 Å². The third-order valence-electron chi connectivity index (χ3n) is 7.89. The predicted molar refractivity (Wildman–Crippen MR) is 167 cm³/mol. The van der Waals surface area contributed by atoms with E-state index in [1.54, 1.807) is 48.5 Å². The van der Waals surface area contributed by atoms with Gasteiger partial charge in [-0.2, -0.15) is 8.78 Å². The van der Waals surface area contributed by atoms with Crippen LogP contribution in [-0.2, 0) is 28.7 Å². The molecule has 0 aliphatic heterocycles. The number of ketones is 1. The molecule has 1 aliphatic carbocycles. The fourth-order valence-electron chi connectivity index (χ4n) is 5.02. The molecule has 3 aromatic rings. The smallest absolute Gasteiger partial charge is 0.305 e. The summed E-state index contributed by atoms with van der Waals surface area (Å²) in [6.45, 7) is -1.24. The van der Waals surface area contributed by atoms with E-state index in [9.17, 15) is 46.6 Å². The number of anilines is 1. The number of hydrogen-bond acceptors (Lipinski definition) is 8. The van der Waals surface area contributed by atoms with E-state index in [-0.39, 0.29) is 31.9 Å². The molecule has 3 amide bonds. The van der Waals surface area contributed by atoms with Crippen molar-refractivity contribution < 1.29 is 60.9 Å². The Morgan fingerprint density at radius 1 is 0.840 bits per heavy atom. The number of carbonyl (C=O) groups is 5. The maximum absolute atomic E-state index is 14.0. The zero-order chi connectivity index (χ0) is 36.4. The van der Waals surface area contributed by atoms with Crippen molar-refractivity contribution in [2.75, 3.05) is 25.6 Å².